The molecule has 0 aliphatic rings. The highest BCUT2D eigenvalue weighted by atomic mass is 32.1. The summed E-state index contributed by atoms with van der Waals surface area (Å²) in [7, 11) is 0. The number of nitrogens with one attached hydrogen (secondary N) is 1. The molecule has 0 saturated heterocycles. The molecule has 134 valence electrons. The van der Waals surface area contributed by atoms with Gasteiger partial charge in [0.15, 0.2) is 0 Å². The molecule has 2 N–H and O–H groups in total. The zero-order chi connectivity index (χ0) is 18.8. The van der Waals surface area contributed by atoms with Crippen LogP contribution in [-0.2, 0) is 17.4 Å². The maximum Gasteiger partial charge on any atom is 0.123 e. The van der Waals surface area contributed by atoms with Gasteiger partial charge in [-0.15, -0.1) is 0 Å². The third-order valence-electron chi connectivity index (χ3n) is 4.28. The molecule has 0 aromatic heterocycles. The molecule has 0 amide bonds. The van der Waals surface area contributed by atoms with Gasteiger partial charge < -0.3 is 10.4 Å². The number of rotatable bonds is 3. The second-order valence-corrected chi connectivity index (χ2v) is 9.00. The standard InChI is InChI=1S/C22H29NOS/c1-21(2,3)17-12-16(13-18(19(17)24)22(4,5)6)20(25)23-14-15-10-8-7-9-11-15/h7-13,24H,14H2,1-6H3,(H,23,25). The monoisotopic (exact) mass is 355 g/mol. The lowest BCUT2D eigenvalue weighted by Crippen LogP contribution is -2.24. The molecule has 0 spiro atoms. The summed E-state index contributed by atoms with van der Waals surface area (Å²) in [5.74, 6) is 0.384. The van der Waals surface area contributed by atoms with E-state index in [1.54, 1.807) is 0 Å². The molecule has 0 atom stereocenters. The van der Waals surface area contributed by atoms with E-state index in [1.807, 2.05) is 30.3 Å². The maximum absolute atomic E-state index is 10.8. The number of hydrogen-bond donors (Lipinski definition) is 2. The second-order valence-electron chi connectivity index (χ2n) is 8.59. The molecule has 0 aliphatic carbocycles. The van der Waals surface area contributed by atoms with Crippen molar-refractivity contribution in [3.8, 4) is 5.75 Å². The summed E-state index contributed by atoms with van der Waals surface area (Å²) in [4.78, 5) is 0.708. The first-order chi connectivity index (χ1) is 11.5. The third-order valence-corrected chi connectivity index (χ3v) is 4.66. The molecule has 0 radical (unpaired) electrons. The van der Waals surface area contributed by atoms with Gasteiger partial charge in [-0.25, -0.2) is 0 Å². The summed E-state index contributed by atoms with van der Waals surface area (Å²) in [6.45, 7) is 13.3. The van der Waals surface area contributed by atoms with Crippen LogP contribution in [0.5, 0.6) is 5.75 Å². The highest BCUT2D eigenvalue weighted by molar-refractivity contribution is 7.80. The first-order valence-electron chi connectivity index (χ1n) is 8.70. The van der Waals surface area contributed by atoms with Gasteiger partial charge >= 0.3 is 0 Å². The predicted molar refractivity (Wildman–Crippen MR) is 110 cm³/mol. The smallest absolute Gasteiger partial charge is 0.123 e. The number of thiocarbonyl (C=S) groups is 1. The maximum atomic E-state index is 10.8. The van der Waals surface area contributed by atoms with Crippen molar-refractivity contribution in [3.63, 3.8) is 0 Å². The number of phenolic OH excluding ortho intramolecular Hbond substituents is 1. The fourth-order valence-corrected chi connectivity index (χ4v) is 2.98. The fraction of sp³-hybridized carbons (Fsp3) is 0.409. The summed E-state index contributed by atoms with van der Waals surface area (Å²) in [6, 6.07) is 14.2. The zero-order valence-electron chi connectivity index (χ0n) is 16.1. The number of benzene rings is 2. The minimum atomic E-state index is -0.158. The molecule has 2 rings (SSSR count). The van der Waals surface area contributed by atoms with Crippen molar-refractivity contribution in [1.29, 1.82) is 0 Å². The molecule has 0 unspecified atom stereocenters. The summed E-state index contributed by atoms with van der Waals surface area (Å²) in [6.07, 6.45) is 0. The van der Waals surface area contributed by atoms with Gasteiger partial charge in [0.2, 0.25) is 0 Å². The molecule has 0 fully saturated rings. The summed E-state index contributed by atoms with van der Waals surface area (Å²) in [5, 5.41) is 14.2. The molecule has 2 nitrogen and oxygen atoms in total. The number of hydrogen-bond acceptors (Lipinski definition) is 2. The first-order valence-corrected chi connectivity index (χ1v) is 9.11. The van der Waals surface area contributed by atoms with Crippen molar-refractivity contribution in [1.82, 2.24) is 5.32 Å². The second kappa shape index (κ2) is 7.17. The topological polar surface area (TPSA) is 32.3 Å². The molecule has 0 heterocycles. The average molecular weight is 356 g/mol. The van der Waals surface area contributed by atoms with Gasteiger partial charge in [-0.1, -0.05) is 84.1 Å². The molecule has 3 heteroatoms. The number of phenols is 1. The van der Waals surface area contributed by atoms with Crippen LogP contribution in [-0.4, -0.2) is 10.1 Å². The average Bonchev–Trinajstić information content (AvgIpc) is 2.51. The Bertz CT molecular complexity index is 717. The van der Waals surface area contributed by atoms with E-state index >= 15 is 0 Å². The van der Waals surface area contributed by atoms with E-state index in [4.69, 9.17) is 12.2 Å². The predicted octanol–water partition coefficient (Wildman–Crippen LogP) is 5.45. The van der Waals surface area contributed by atoms with Gasteiger partial charge in [0.05, 0.1) is 0 Å². The fourth-order valence-electron chi connectivity index (χ4n) is 2.79. The molecular weight excluding hydrogens is 326 g/mol. The lowest BCUT2D eigenvalue weighted by Gasteiger charge is -2.28. The molecular formula is C22H29NOS. The van der Waals surface area contributed by atoms with Crippen molar-refractivity contribution >= 4 is 17.2 Å². The Balaban J connectivity index is 2.38. The van der Waals surface area contributed by atoms with Crippen molar-refractivity contribution in [2.24, 2.45) is 0 Å². The Labute approximate surface area is 157 Å². The highest BCUT2D eigenvalue weighted by Gasteiger charge is 2.27. The Kier molecular flexibility index (Phi) is 5.58. The van der Waals surface area contributed by atoms with Crippen LogP contribution in [0.15, 0.2) is 42.5 Å². The summed E-state index contributed by atoms with van der Waals surface area (Å²) < 4.78 is 0. The minimum absolute atomic E-state index is 0.158. The quantitative estimate of drug-likeness (QED) is 0.718. The van der Waals surface area contributed by atoms with Crippen LogP contribution in [0.4, 0.5) is 0 Å². The normalized spacial score (nSPS) is 12.1. The van der Waals surface area contributed by atoms with E-state index in [0.29, 0.717) is 17.3 Å². The van der Waals surface area contributed by atoms with Gasteiger partial charge in [0.25, 0.3) is 0 Å². The lowest BCUT2D eigenvalue weighted by atomic mass is 9.78. The van der Waals surface area contributed by atoms with Gasteiger partial charge in [0.1, 0.15) is 10.7 Å². The Morgan fingerprint density at radius 1 is 0.920 bits per heavy atom. The van der Waals surface area contributed by atoms with E-state index in [-0.39, 0.29) is 10.8 Å². The van der Waals surface area contributed by atoms with Crippen molar-refractivity contribution in [2.75, 3.05) is 0 Å². The zero-order valence-corrected chi connectivity index (χ0v) is 16.9. The van der Waals surface area contributed by atoms with Gasteiger partial charge in [-0.2, -0.15) is 0 Å². The Morgan fingerprint density at radius 2 is 1.40 bits per heavy atom. The molecule has 0 bridgehead atoms. The molecule has 0 aliphatic heterocycles. The van der Waals surface area contributed by atoms with Crippen LogP contribution in [0.25, 0.3) is 0 Å². The highest BCUT2D eigenvalue weighted by Crippen LogP contribution is 2.39. The SMILES string of the molecule is CC(C)(C)c1cc(C(=S)NCc2ccccc2)cc(C(C)(C)C)c1O. The van der Waals surface area contributed by atoms with Crippen LogP contribution < -0.4 is 5.32 Å². The van der Waals surface area contributed by atoms with E-state index < -0.39 is 0 Å². The summed E-state index contributed by atoms with van der Waals surface area (Å²) in [5.41, 5.74) is 3.69. The van der Waals surface area contributed by atoms with Gasteiger partial charge in [-0.3, -0.25) is 0 Å². The van der Waals surface area contributed by atoms with E-state index in [1.165, 1.54) is 5.56 Å². The van der Waals surface area contributed by atoms with Crippen LogP contribution in [0, 0.1) is 0 Å². The van der Waals surface area contributed by atoms with Crippen molar-refractivity contribution in [3.05, 3.63) is 64.7 Å². The van der Waals surface area contributed by atoms with Gasteiger partial charge in [-0.05, 0) is 28.5 Å². The van der Waals surface area contributed by atoms with Crippen LogP contribution in [0.3, 0.4) is 0 Å². The minimum Gasteiger partial charge on any atom is -0.507 e. The molecule has 2 aromatic carbocycles. The van der Waals surface area contributed by atoms with Crippen LogP contribution >= 0.6 is 12.2 Å². The molecule has 25 heavy (non-hydrogen) atoms. The van der Waals surface area contributed by atoms with Crippen LogP contribution in [0.1, 0.15) is 63.8 Å². The van der Waals surface area contributed by atoms with Crippen molar-refractivity contribution in [2.45, 2.75) is 58.9 Å². The van der Waals surface area contributed by atoms with E-state index in [2.05, 4.69) is 59.0 Å². The Hall–Kier alpha value is -1.87. The molecule has 2 aromatic rings. The largest absolute Gasteiger partial charge is 0.507 e. The Morgan fingerprint density at radius 3 is 1.84 bits per heavy atom. The third kappa shape index (κ3) is 4.82. The van der Waals surface area contributed by atoms with Gasteiger partial charge in [0, 0.05) is 23.2 Å². The number of aromatic hydroxyl groups is 1. The van der Waals surface area contributed by atoms with Crippen LogP contribution in [0.2, 0.25) is 0 Å². The summed E-state index contributed by atoms with van der Waals surface area (Å²) >= 11 is 5.64. The van der Waals surface area contributed by atoms with E-state index in [9.17, 15) is 5.11 Å². The van der Waals surface area contributed by atoms with Crippen molar-refractivity contribution < 1.29 is 5.11 Å². The van der Waals surface area contributed by atoms with E-state index in [0.717, 1.165) is 16.7 Å². The molecule has 0 saturated carbocycles. The lowest BCUT2D eigenvalue weighted by molar-refractivity contribution is 0.423. The first kappa shape index (κ1) is 19.5.